The lowest BCUT2D eigenvalue weighted by Crippen LogP contribution is -2.17. The van der Waals surface area contributed by atoms with Crippen molar-refractivity contribution in [2.45, 2.75) is 18.4 Å². The lowest BCUT2D eigenvalue weighted by atomic mass is 10.1. The normalized spacial score (nSPS) is 11.3. The van der Waals surface area contributed by atoms with E-state index in [0.29, 0.717) is 5.56 Å². The summed E-state index contributed by atoms with van der Waals surface area (Å²) < 4.78 is 49.0. The standard InChI is InChI=1S/C30H24O8S/c1-19-13-15-22(16-14-19)39(33,34)38-30-27(32)25-23(37-28(30)21-11-7-4-8-12-21)17-24(29(35-2)26(25)31)36-18-20-9-5-3-6-10-20/h3-17,31H,18H2,1-2H3. The van der Waals surface area contributed by atoms with Gasteiger partial charge in [-0.15, -0.1) is 0 Å². The van der Waals surface area contributed by atoms with Gasteiger partial charge in [-0.3, -0.25) is 4.79 Å². The van der Waals surface area contributed by atoms with Gasteiger partial charge in [-0.2, -0.15) is 8.42 Å². The van der Waals surface area contributed by atoms with Crippen LogP contribution in [0.2, 0.25) is 0 Å². The smallest absolute Gasteiger partial charge is 0.339 e. The maximum Gasteiger partial charge on any atom is 0.339 e. The van der Waals surface area contributed by atoms with Gasteiger partial charge in [-0.25, -0.2) is 0 Å². The fraction of sp³-hybridized carbons (Fsp3) is 0.100. The predicted molar refractivity (Wildman–Crippen MR) is 146 cm³/mol. The zero-order valence-electron chi connectivity index (χ0n) is 21.1. The molecule has 0 unspecified atom stereocenters. The molecule has 1 heterocycles. The van der Waals surface area contributed by atoms with Crippen LogP contribution in [0.1, 0.15) is 11.1 Å². The van der Waals surface area contributed by atoms with Gasteiger partial charge in [0.25, 0.3) is 0 Å². The van der Waals surface area contributed by atoms with E-state index in [0.717, 1.165) is 11.1 Å². The molecule has 198 valence electrons. The third-order valence-corrected chi connectivity index (χ3v) is 7.25. The Labute approximate surface area is 224 Å². The number of hydrogen-bond acceptors (Lipinski definition) is 8. The first-order valence-corrected chi connectivity index (χ1v) is 13.3. The van der Waals surface area contributed by atoms with E-state index in [2.05, 4.69) is 0 Å². The molecule has 0 aliphatic rings. The van der Waals surface area contributed by atoms with Crippen LogP contribution in [-0.2, 0) is 16.7 Å². The van der Waals surface area contributed by atoms with Gasteiger partial charge in [0.15, 0.2) is 17.3 Å². The number of ether oxygens (including phenoxy) is 2. The average Bonchev–Trinajstić information content (AvgIpc) is 2.94. The number of methoxy groups -OCH3 is 1. The second-order valence-electron chi connectivity index (χ2n) is 8.71. The number of benzene rings is 4. The Kier molecular flexibility index (Phi) is 7.00. The minimum Gasteiger partial charge on any atom is -0.504 e. The molecule has 5 rings (SSSR count). The molecule has 0 atom stereocenters. The van der Waals surface area contributed by atoms with Crippen LogP contribution in [-0.4, -0.2) is 20.6 Å². The summed E-state index contributed by atoms with van der Waals surface area (Å²) in [5, 5.41) is 10.8. The van der Waals surface area contributed by atoms with Crippen LogP contribution in [0.25, 0.3) is 22.3 Å². The molecular formula is C30H24O8S. The van der Waals surface area contributed by atoms with Gasteiger partial charge in [-0.1, -0.05) is 78.4 Å². The van der Waals surface area contributed by atoms with Crippen molar-refractivity contribution in [1.29, 1.82) is 0 Å². The average molecular weight is 545 g/mol. The minimum absolute atomic E-state index is 0.0414. The van der Waals surface area contributed by atoms with E-state index in [1.807, 2.05) is 37.3 Å². The monoisotopic (exact) mass is 544 g/mol. The van der Waals surface area contributed by atoms with Crippen molar-refractivity contribution in [2.75, 3.05) is 7.11 Å². The second-order valence-corrected chi connectivity index (χ2v) is 10.3. The van der Waals surface area contributed by atoms with E-state index in [9.17, 15) is 18.3 Å². The molecule has 4 aromatic carbocycles. The first kappa shape index (κ1) is 25.9. The van der Waals surface area contributed by atoms with Crippen molar-refractivity contribution in [3.8, 4) is 34.3 Å². The molecule has 0 bridgehead atoms. The molecule has 9 heteroatoms. The zero-order valence-corrected chi connectivity index (χ0v) is 21.9. The molecule has 0 amide bonds. The highest BCUT2D eigenvalue weighted by Crippen LogP contribution is 2.44. The van der Waals surface area contributed by atoms with Gasteiger partial charge >= 0.3 is 10.1 Å². The number of rotatable bonds is 8. The minimum atomic E-state index is -4.43. The van der Waals surface area contributed by atoms with E-state index in [-0.39, 0.29) is 39.7 Å². The molecule has 0 saturated carbocycles. The summed E-state index contributed by atoms with van der Waals surface area (Å²) >= 11 is 0. The molecule has 8 nitrogen and oxygen atoms in total. The number of aromatic hydroxyl groups is 1. The quantitative estimate of drug-likeness (QED) is 0.243. The van der Waals surface area contributed by atoms with Crippen LogP contribution < -0.4 is 19.1 Å². The van der Waals surface area contributed by atoms with Gasteiger partial charge in [0.1, 0.15) is 22.5 Å². The molecule has 0 aliphatic carbocycles. The third-order valence-electron chi connectivity index (χ3n) is 6.02. The van der Waals surface area contributed by atoms with Crippen LogP contribution in [0.4, 0.5) is 0 Å². The number of hydrogen-bond donors (Lipinski definition) is 1. The van der Waals surface area contributed by atoms with Crippen molar-refractivity contribution in [3.05, 3.63) is 112 Å². The Balaban J connectivity index is 1.69. The zero-order chi connectivity index (χ0) is 27.6. The molecule has 39 heavy (non-hydrogen) atoms. The first-order chi connectivity index (χ1) is 18.8. The van der Waals surface area contributed by atoms with Crippen LogP contribution in [0.3, 0.4) is 0 Å². The largest absolute Gasteiger partial charge is 0.504 e. The summed E-state index contributed by atoms with van der Waals surface area (Å²) in [6.07, 6.45) is 0. The van der Waals surface area contributed by atoms with E-state index in [1.54, 1.807) is 42.5 Å². The summed E-state index contributed by atoms with van der Waals surface area (Å²) in [6.45, 7) is 1.98. The van der Waals surface area contributed by atoms with Crippen molar-refractivity contribution >= 4 is 21.1 Å². The Hall–Kier alpha value is -4.76. The maximum absolute atomic E-state index is 13.8. The Morgan fingerprint density at radius 2 is 1.51 bits per heavy atom. The molecule has 0 fully saturated rings. The lowest BCUT2D eigenvalue weighted by molar-refractivity contribution is 0.278. The number of phenols is 1. The number of fused-ring (bicyclic) bond motifs is 1. The molecular weight excluding hydrogens is 520 g/mol. The summed E-state index contributed by atoms with van der Waals surface area (Å²) in [7, 11) is -3.11. The van der Waals surface area contributed by atoms with Gasteiger partial charge in [-0.05, 0) is 24.6 Å². The third kappa shape index (κ3) is 5.17. The maximum atomic E-state index is 13.8. The predicted octanol–water partition coefficient (Wildman–Crippen LogP) is 5.83. The number of phenolic OH excluding ortho intramolecular Hbond substituents is 1. The van der Waals surface area contributed by atoms with Gasteiger partial charge in [0.2, 0.25) is 16.9 Å². The van der Waals surface area contributed by atoms with Crippen LogP contribution in [0, 0.1) is 6.92 Å². The van der Waals surface area contributed by atoms with Crippen LogP contribution in [0.5, 0.6) is 23.0 Å². The molecule has 0 aliphatic heterocycles. The Morgan fingerprint density at radius 3 is 2.15 bits per heavy atom. The van der Waals surface area contributed by atoms with Crippen molar-refractivity contribution in [2.24, 2.45) is 0 Å². The van der Waals surface area contributed by atoms with E-state index in [1.165, 1.54) is 25.3 Å². The van der Waals surface area contributed by atoms with Crippen molar-refractivity contribution < 1.29 is 31.6 Å². The fourth-order valence-electron chi connectivity index (χ4n) is 4.03. The summed E-state index contributed by atoms with van der Waals surface area (Å²) in [6, 6.07) is 25.2. The van der Waals surface area contributed by atoms with Crippen molar-refractivity contribution in [1.82, 2.24) is 0 Å². The summed E-state index contributed by atoms with van der Waals surface area (Å²) in [5.41, 5.74) is 1.19. The van der Waals surface area contributed by atoms with Gasteiger partial charge < -0.3 is 23.2 Å². The van der Waals surface area contributed by atoms with Crippen LogP contribution >= 0.6 is 0 Å². The first-order valence-electron chi connectivity index (χ1n) is 11.9. The number of aryl methyl sites for hydroxylation is 1. The van der Waals surface area contributed by atoms with E-state index in [4.69, 9.17) is 18.1 Å². The second kappa shape index (κ2) is 10.5. The Morgan fingerprint density at radius 1 is 0.872 bits per heavy atom. The molecule has 0 saturated heterocycles. The van der Waals surface area contributed by atoms with E-state index >= 15 is 0 Å². The summed E-state index contributed by atoms with van der Waals surface area (Å²) in [4.78, 5) is 13.6. The fourth-order valence-corrected chi connectivity index (χ4v) is 4.97. The molecule has 0 spiro atoms. The molecule has 0 radical (unpaired) electrons. The lowest BCUT2D eigenvalue weighted by Gasteiger charge is -2.16. The topological polar surface area (TPSA) is 112 Å². The highest BCUT2D eigenvalue weighted by Gasteiger charge is 2.28. The SMILES string of the molecule is COc1c(OCc2ccccc2)cc2oc(-c3ccccc3)c(OS(=O)(=O)c3ccc(C)cc3)c(=O)c2c1O. The Bertz CT molecular complexity index is 1790. The summed E-state index contributed by atoms with van der Waals surface area (Å²) in [5.74, 6) is -1.25. The molecule has 1 aromatic heterocycles. The highest BCUT2D eigenvalue weighted by molar-refractivity contribution is 7.87. The highest BCUT2D eigenvalue weighted by atomic mass is 32.2. The van der Waals surface area contributed by atoms with Crippen LogP contribution in [0.15, 0.2) is 105 Å². The molecule has 5 aromatic rings. The van der Waals surface area contributed by atoms with Crippen molar-refractivity contribution in [3.63, 3.8) is 0 Å². The molecule has 1 N–H and O–H groups in total. The van der Waals surface area contributed by atoms with Gasteiger partial charge in [0.05, 0.1) is 7.11 Å². The van der Waals surface area contributed by atoms with E-state index < -0.39 is 27.0 Å². The van der Waals surface area contributed by atoms with Gasteiger partial charge in [0, 0.05) is 11.6 Å².